The van der Waals surface area contributed by atoms with E-state index in [9.17, 15) is 0 Å². The molecule has 106 valence electrons. The summed E-state index contributed by atoms with van der Waals surface area (Å²) in [5, 5.41) is 0.775. The number of benzene rings is 1. The number of hydrogen-bond acceptors (Lipinski definition) is 3. The molecule has 0 bridgehead atoms. The Balaban J connectivity index is 2.11. The van der Waals surface area contributed by atoms with E-state index in [4.69, 9.17) is 26.8 Å². The first-order valence-corrected chi connectivity index (χ1v) is 7.26. The summed E-state index contributed by atoms with van der Waals surface area (Å²) in [4.78, 5) is 0. The summed E-state index contributed by atoms with van der Waals surface area (Å²) in [5.74, 6) is 0. The number of hydrogen-bond donors (Lipinski definition) is 1. The summed E-state index contributed by atoms with van der Waals surface area (Å²) in [6, 6.07) is 7.80. The van der Waals surface area contributed by atoms with Crippen molar-refractivity contribution < 1.29 is 9.47 Å². The fourth-order valence-corrected chi connectivity index (χ4v) is 2.93. The zero-order valence-electron chi connectivity index (χ0n) is 11.4. The van der Waals surface area contributed by atoms with Crippen molar-refractivity contribution in [1.82, 2.24) is 0 Å². The maximum absolute atomic E-state index is 6.43. The molecule has 0 saturated carbocycles. The lowest BCUT2D eigenvalue weighted by atomic mass is 9.83. The van der Waals surface area contributed by atoms with Gasteiger partial charge in [-0.25, -0.2) is 0 Å². The van der Waals surface area contributed by atoms with Gasteiger partial charge in [-0.3, -0.25) is 0 Å². The molecule has 1 fully saturated rings. The van der Waals surface area contributed by atoms with Gasteiger partial charge in [-0.15, -0.1) is 0 Å². The van der Waals surface area contributed by atoms with Crippen molar-refractivity contribution in [2.75, 3.05) is 19.8 Å². The Morgan fingerprint density at radius 3 is 2.68 bits per heavy atom. The van der Waals surface area contributed by atoms with Gasteiger partial charge in [-0.05, 0) is 25.0 Å². The van der Waals surface area contributed by atoms with Gasteiger partial charge in [0, 0.05) is 43.7 Å². The Hall–Kier alpha value is -0.610. The van der Waals surface area contributed by atoms with Gasteiger partial charge in [0.1, 0.15) is 0 Å². The predicted molar refractivity (Wildman–Crippen MR) is 77.5 cm³/mol. The lowest BCUT2D eigenvalue weighted by molar-refractivity contribution is -0.120. The van der Waals surface area contributed by atoms with Crippen LogP contribution in [0.3, 0.4) is 0 Å². The van der Waals surface area contributed by atoms with Crippen LogP contribution in [-0.2, 0) is 15.9 Å². The lowest BCUT2D eigenvalue weighted by Gasteiger charge is -2.41. The van der Waals surface area contributed by atoms with Crippen LogP contribution in [-0.4, -0.2) is 31.5 Å². The topological polar surface area (TPSA) is 44.5 Å². The number of ether oxygens (including phenoxy) is 2. The van der Waals surface area contributed by atoms with Gasteiger partial charge in [-0.2, -0.15) is 0 Å². The van der Waals surface area contributed by atoms with Crippen molar-refractivity contribution in [3.63, 3.8) is 0 Å². The van der Waals surface area contributed by atoms with Crippen molar-refractivity contribution in [3.8, 4) is 0 Å². The maximum Gasteiger partial charge on any atom is 0.0879 e. The van der Waals surface area contributed by atoms with Gasteiger partial charge in [0.05, 0.1) is 5.60 Å². The molecule has 19 heavy (non-hydrogen) atoms. The third kappa shape index (κ3) is 3.48. The van der Waals surface area contributed by atoms with Gasteiger partial charge in [0.15, 0.2) is 0 Å². The van der Waals surface area contributed by atoms with Gasteiger partial charge >= 0.3 is 0 Å². The largest absolute Gasteiger partial charge is 0.381 e. The second-order valence-corrected chi connectivity index (χ2v) is 5.42. The molecule has 1 unspecified atom stereocenters. The molecular formula is C15H22ClNO2. The lowest BCUT2D eigenvalue weighted by Crippen LogP contribution is -2.54. The average molecular weight is 284 g/mol. The molecule has 1 atom stereocenters. The molecule has 2 rings (SSSR count). The molecule has 0 aliphatic carbocycles. The van der Waals surface area contributed by atoms with E-state index in [1.54, 1.807) is 0 Å². The average Bonchev–Trinajstić information content (AvgIpc) is 2.42. The molecule has 1 heterocycles. The summed E-state index contributed by atoms with van der Waals surface area (Å²) in [7, 11) is 0. The van der Waals surface area contributed by atoms with Gasteiger partial charge in [-0.1, -0.05) is 29.8 Å². The standard InChI is InChI=1S/C15H22ClNO2/c1-2-19-15(7-9-18-10-8-15)14(17)11-12-5-3-4-6-13(12)16/h3-6,14H,2,7-11,17H2,1H3. The summed E-state index contributed by atoms with van der Waals surface area (Å²) in [6.45, 7) is 4.13. The highest BCUT2D eigenvalue weighted by atomic mass is 35.5. The van der Waals surface area contributed by atoms with Crippen LogP contribution < -0.4 is 5.73 Å². The molecule has 4 heteroatoms. The van der Waals surface area contributed by atoms with E-state index in [1.165, 1.54) is 0 Å². The van der Waals surface area contributed by atoms with E-state index in [1.807, 2.05) is 31.2 Å². The minimum atomic E-state index is -0.272. The zero-order valence-corrected chi connectivity index (χ0v) is 12.2. The molecule has 2 N–H and O–H groups in total. The normalized spacial score (nSPS) is 20.2. The summed E-state index contributed by atoms with van der Waals surface area (Å²) < 4.78 is 11.4. The first-order chi connectivity index (χ1) is 9.18. The fourth-order valence-electron chi connectivity index (χ4n) is 2.71. The molecular weight excluding hydrogens is 262 g/mol. The molecule has 0 radical (unpaired) electrons. The number of nitrogens with two attached hydrogens (primary N) is 1. The van der Waals surface area contributed by atoms with Crippen LogP contribution in [0.4, 0.5) is 0 Å². The van der Waals surface area contributed by atoms with Crippen molar-refractivity contribution >= 4 is 11.6 Å². The van der Waals surface area contributed by atoms with Crippen molar-refractivity contribution in [3.05, 3.63) is 34.9 Å². The summed E-state index contributed by atoms with van der Waals surface area (Å²) in [5.41, 5.74) is 7.24. The van der Waals surface area contributed by atoms with E-state index in [0.717, 1.165) is 43.1 Å². The molecule has 1 aliphatic heterocycles. The molecule has 1 aromatic carbocycles. The Bertz CT molecular complexity index is 399. The smallest absolute Gasteiger partial charge is 0.0879 e. The highest BCUT2D eigenvalue weighted by Gasteiger charge is 2.39. The Morgan fingerprint density at radius 2 is 2.05 bits per heavy atom. The van der Waals surface area contributed by atoms with Crippen LogP contribution in [0, 0.1) is 0 Å². The quantitative estimate of drug-likeness (QED) is 0.904. The van der Waals surface area contributed by atoms with Crippen LogP contribution in [0.25, 0.3) is 0 Å². The van der Waals surface area contributed by atoms with E-state index in [2.05, 4.69) is 0 Å². The highest BCUT2D eigenvalue weighted by Crippen LogP contribution is 2.30. The maximum atomic E-state index is 6.43. The first-order valence-electron chi connectivity index (χ1n) is 6.88. The third-order valence-corrected chi connectivity index (χ3v) is 4.21. The van der Waals surface area contributed by atoms with Gasteiger partial charge in [0.25, 0.3) is 0 Å². The third-order valence-electron chi connectivity index (χ3n) is 3.84. The van der Waals surface area contributed by atoms with Crippen LogP contribution in [0.15, 0.2) is 24.3 Å². The van der Waals surface area contributed by atoms with Crippen molar-refractivity contribution in [2.45, 2.75) is 37.8 Å². The minimum absolute atomic E-state index is 0.0590. The van der Waals surface area contributed by atoms with Crippen LogP contribution in [0.1, 0.15) is 25.3 Å². The molecule has 0 amide bonds. The Kier molecular flexibility index (Phi) is 5.22. The number of halogens is 1. The van der Waals surface area contributed by atoms with E-state index in [-0.39, 0.29) is 11.6 Å². The zero-order chi connectivity index (χ0) is 13.7. The SMILES string of the molecule is CCOC1(C(N)Cc2ccccc2Cl)CCOCC1. The minimum Gasteiger partial charge on any atom is -0.381 e. The van der Waals surface area contributed by atoms with Crippen molar-refractivity contribution in [2.24, 2.45) is 5.73 Å². The second-order valence-electron chi connectivity index (χ2n) is 5.01. The van der Waals surface area contributed by atoms with Crippen LogP contribution >= 0.6 is 11.6 Å². The van der Waals surface area contributed by atoms with Crippen molar-refractivity contribution in [1.29, 1.82) is 0 Å². The Labute approximate surface area is 120 Å². The van der Waals surface area contributed by atoms with Gasteiger partial charge < -0.3 is 15.2 Å². The molecule has 0 aromatic heterocycles. The molecule has 0 spiro atoms. The molecule has 3 nitrogen and oxygen atoms in total. The second kappa shape index (κ2) is 6.71. The molecule has 1 aromatic rings. The Morgan fingerprint density at radius 1 is 1.37 bits per heavy atom. The van der Waals surface area contributed by atoms with E-state index >= 15 is 0 Å². The van der Waals surface area contributed by atoms with Gasteiger partial charge in [0.2, 0.25) is 0 Å². The summed E-state index contributed by atoms with van der Waals surface area (Å²) in [6.07, 6.45) is 2.44. The molecule has 1 saturated heterocycles. The monoisotopic (exact) mass is 283 g/mol. The fraction of sp³-hybridized carbons (Fsp3) is 0.600. The number of rotatable bonds is 5. The highest BCUT2D eigenvalue weighted by molar-refractivity contribution is 6.31. The van der Waals surface area contributed by atoms with E-state index in [0.29, 0.717) is 6.61 Å². The molecule has 1 aliphatic rings. The van der Waals surface area contributed by atoms with E-state index < -0.39 is 0 Å². The first kappa shape index (κ1) is 14.8. The summed E-state index contributed by atoms with van der Waals surface area (Å²) >= 11 is 6.21. The predicted octanol–water partition coefficient (Wildman–Crippen LogP) is 2.80. The van der Waals surface area contributed by atoms with Crippen LogP contribution in [0.2, 0.25) is 5.02 Å². The van der Waals surface area contributed by atoms with Crippen LogP contribution in [0.5, 0.6) is 0 Å².